The average molecular weight is 354 g/mol. The van der Waals surface area contributed by atoms with Crippen LogP contribution in [0.15, 0.2) is 0 Å². The molecule has 0 bridgehead atoms. The minimum atomic E-state index is 0.00422. The Balaban J connectivity index is 3.19. The highest BCUT2D eigenvalue weighted by molar-refractivity contribution is 4.80. The van der Waals surface area contributed by atoms with Gasteiger partial charge in [-0.3, -0.25) is 0 Å². The third-order valence-corrected chi connectivity index (χ3v) is 5.95. The van der Waals surface area contributed by atoms with Crippen LogP contribution < -0.4 is 5.73 Å². The quantitative estimate of drug-likeness (QED) is 0.232. The highest BCUT2D eigenvalue weighted by Gasteiger charge is 2.22. The molecule has 0 heterocycles. The van der Waals surface area contributed by atoms with E-state index in [0.717, 1.165) is 0 Å². The molecule has 0 aliphatic carbocycles. The van der Waals surface area contributed by atoms with Gasteiger partial charge in [0.2, 0.25) is 0 Å². The first kappa shape index (κ1) is 25.0. The number of unbranched alkanes of at least 4 members (excludes halogenated alkanes) is 15. The Kier molecular flexibility index (Phi) is 17.3. The second-order valence-corrected chi connectivity index (χ2v) is 9.02. The molecule has 1 heteroatoms. The molecule has 25 heavy (non-hydrogen) atoms. The normalized spacial score (nSPS) is 13.3. The maximum Gasteiger partial charge on any atom is 0.0125 e. The van der Waals surface area contributed by atoms with Crippen molar-refractivity contribution in [3.8, 4) is 0 Å². The molecular formula is C24H51N. The van der Waals surface area contributed by atoms with Gasteiger partial charge in [0.15, 0.2) is 0 Å². The SMILES string of the molecule is CCCCCCCCCCCCCCCCCCC(CC)C(C)(C)N. The van der Waals surface area contributed by atoms with Gasteiger partial charge >= 0.3 is 0 Å². The van der Waals surface area contributed by atoms with E-state index in [-0.39, 0.29) is 5.54 Å². The molecule has 0 aromatic heterocycles. The average Bonchev–Trinajstić information content (AvgIpc) is 2.56. The largest absolute Gasteiger partial charge is 0.325 e. The topological polar surface area (TPSA) is 26.0 Å². The summed E-state index contributed by atoms with van der Waals surface area (Å²) < 4.78 is 0. The summed E-state index contributed by atoms with van der Waals surface area (Å²) in [4.78, 5) is 0. The zero-order valence-corrected chi connectivity index (χ0v) is 18.4. The van der Waals surface area contributed by atoms with Crippen LogP contribution >= 0.6 is 0 Å². The van der Waals surface area contributed by atoms with Crippen LogP contribution in [0.1, 0.15) is 143 Å². The standard InChI is InChI=1S/C24H51N/c1-5-7-8-9-10-11-12-13-14-15-16-17-18-19-20-21-22-23(6-2)24(3,4)25/h23H,5-22,25H2,1-4H3. The van der Waals surface area contributed by atoms with Crippen molar-refractivity contribution in [2.75, 3.05) is 0 Å². The smallest absolute Gasteiger partial charge is 0.0125 e. The maximum atomic E-state index is 6.26. The van der Waals surface area contributed by atoms with E-state index < -0.39 is 0 Å². The van der Waals surface area contributed by atoms with E-state index in [9.17, 15) is 0 Å². The minimum Gasteiger partial charge on any atom is -0.325 e. The second kappa shape index (κ2) is 17.4. The lowest BCUT2D eigenvalue weighted by Crippen LogP contribution is -2.40. The van der Waals surface area contributed by atoms with Crippen LogP contribution in [0, 0.1) is 5.92 Å². The first-order valence-corrected chi connectivity index (χ1v) is 11.8. The van der Waals surface area contributed by atoms with E-state index in [1.54, 1.807) is 0 Å². The summed E-state index contributed by atoms with van der Waals surface area (Å²) in [5.74, 6) is 0.694. The fourth-order valence-electron chi connectivity index (χ4n) is 4.04. The van der Waals surface area contributed by atoms with Gasteiger partial charge in [-0.25, -0.2) is 0 Å². The number of hydrogen-bond donors (Lipinski definition) is 1. The van der Waals surface area contributed by atoms with E-state index in [1.165, 1.54) is 116 Å². The van der Waals surface area contributed by atoms with Crippen molar-refractivity contribution in [3.63, 3.8) is 0 Å². The second-order valence-electron chi connectivity index (χ2n) is 9.02. The van der Waals surface area contributed by atoms with E-state index in [4.69, 9.17) is 5.73 Å². The number of rotatable bonds is 19. The molecule has 152 valence electrons. The monoisotopic (exact) mass is 353 g/mol. The Morgan fingerprint density at radius 2 is 0.880 bits per heavy atom. The van der Waals surface area contributed by atoms with Gasteiger partial charge in [0.25, 0.3) is 0 Å². The highest BCUT2D eigenvalue weighted by Crippen LogP contribution is 2.24. The summed E-state index contributed by atoms with van der Waals surface area (Å²) in [6.45, 7) is 8.96. The lowest BCUT2D eigenvalue weighted by Gasteiger charge is -2.29. The Morgan fingerprint density at radius 3 is 1.16 bits per heavy atom. The van der Waals surface area contributed by atoms with Crippen LogP contribution in [0.25, 0.3) is 0 Å². The molecule has 0 saturated heterocycles. The molecule has 2 N–H and O–H groups in total. The summed E-state index contributed by atoms with van der Waals surface area (Å²) in [5, 5.41) is 0. The molecule has 1 unspecified atom stereocenters. The highest BCUT2D eigenvalue weighted by atomic mass is 14.7. The Bertz CT molecular complexity index is 253. The molecule has 0 amide bonds. The van der Waals surface area contributed by atoms with Gasteiger partial charge in [-0.05, 0) is 26.2 Å². The van der Waals surface area contributed by atoms with Gasteiger partial charge in [0, 0.05) is 5.54 Å². The third-order valence-electron chi connectivity index (χ3n) is 5.95. The predicted octanol–water partition coefficient (Wildman–Crippen LogP) is 8.40. The van der Waals surface area contributed by atoms with Gasteiger partial charge in [-0.1, -0.05) is 123 Å². The fraction of sp³-hybridized carbons (Fsp3) is 1.00. The van der Waals surface area contributed by atoms with Crippen molar-refractivity contribution in [3.05, 3.63) is 0 Å². The Hall–Kier alpha value is -0.0400. The van der Waals surface area contributed by atoms with Gasteiger partial charge in [0.1, 0.15) is 0 Å². The number of hydrogen-bond acceptors (Lipinski definition) is 1. The fourth-order valence-corrected chi connectivity index (χ4v) is 4.04. The van der Waals surface area contributed by atoms with Crippen LogP contribution in [-0.2, 0) is 0 Å². The molecule has 0 saturated carbocycles. The van der Waals surface area contributed by atoms with Crippen LogP contribution in [0.2, 0.25) is 0 Å². The van der Waals surface area contributed by atoms with Crippen LogP contribution in [0.3, 0.4) is 0 Å². The predicted molar refractivity (Wildman–Crippen MR) is 116 cm³/mol. The zero-order valence-electron chi connectivity index (χ0n) is 18.4. The Morgan fingerprint density at radius 1 is 0.560 bits per heavy atom. The molecule has 1 atom stereocenters. The first-order valence-electron chi connectivity index (χ1n) is 11.8. The summed E-state index contributed by atoms with van der Waals surface area (Å²) in [6.07, 6.45) is 25.7. The molecular weight excluding hydrogens is 302 g/mol. The van der Waals surface area contributed by atoms with Crippen LogP contribution in [-0.4, -0.2) is 5.54 Å². The molecule has 0 rings (SSSR count). The third kappa shape index (κ3) is 17.1. The summed E-state index contributed by atoms with van der Waals surface area (Å²) >= 11 is 0. The van der Waals surface area contributed by atoms with Crippen LogP contribution in [0.5, 0.6) is 0 Å². The van der Waals surface area contributed by atoms with Gasteiger partial charge in [-0.2, -0.15) is 0 Å². The van der Waals surface area contributed by atoms with Crippen molar-refractivity contribution in [1.29, 1.82) is 0 Å². The van der Waals surface area contributed by atoms with Gasteiger partial charge < -0.3 is 5.73 Å². The van der Waals surface area contributed by atoms with Crippen molar-refractivity contribution in [1.82, 2.24) is 0 Å². The summed E-state index contributed by atoms with van der Waals surface area (Å²) in [5.41, 5.74) is 6.26. The van der Waals surface area contributed by atoms with Gasteiger partial charge in [-0.15, -0.1) is 0 Å². The van der Waals surface area contributed by atoms with Crippen LogP contribution in [0.4, 0.5) is 0 Å². The molecule has 0 fully saturated rings. The first-order chi connectivity index (χ1) is 12.0. The molecule has 0 aromatic rings. The van der Waals surface area contributed by atoms with Crippen molar-refractivity contribution < 1.29 is 0 Å². The molecule has 1 nitrogen and oxygen atoms in total. The van der Waals surface area contributed by atoms with Crippen molar-refractivity contribution in [2.45, 2.75) is 149 Å². The van der Waals surface area contributed by atoms with Crippen molar-refractivity contribution in [2.24, 2.45) is 11.7 Å². The molecule has 0 radical (unpaired) electrons. The summed E-state index contributed by atoms with van der Waals surface area (Å²) in [7, 11) is 0. The van der Waals surface area contributed by atoms with E-state index in [2.05, 4.69) is 27.7 Å². The van der Waals surface area contributed by atoms with E-state index in [1.807, 2.05) is 0 Å². The molecule has 0 aliphatic rings. The molecule has 0 aliphatic heterocycles. The lowest BCUT2D eigenvalue weighted by molar-refractivity contribution is 0.283. The summed E-state index contributed by atoms with van der Waals surface area (Å²) in [6, 6.07) is 0. The van der Waals surface area contributed by atoms with E-state index in [0.29, 0.717) is 5.92 Å². The maximum absolute atomic E-state index is 6.26. The zero-order chi connectivity index (χ0) is 18.8. The molecule has 0 spiro atoms. The van der Waals surface area contributed by atoms with Crippen molar-refractivity contribution >= 4 is 0 Å². The lowest BCUT2D eigenvalue weighted by atomic mass is 9.82. The number of nitrogens with two attached hydrogens (primary N) is 1. The van der Waals surface area contributed by atoms with E-state index >= 15 is 0 Å². The van der Waals surface area contributed by atoms with Gasteiger partial charge in [0.05, 0.1) is 0 Å². The Labute approximate surface area is 160 Å². The minimum absolute atomic E-state index is 0.00422. The molecule has 0 aromatic carbocycles.